The van der Waals surface area contributed by atoms with Crippen LogP contribution in [0.4, 0.5) is 0 Å². The summed E-state index contributed by atoms with van der Waals surface area (Å²) in [6.45, 7) is -0.260. The van der Waals surface area contributed by atoms with Crippen LogP contribution in [0.1, 0.15) is 22.3 Å². The van der Waals surface area contributed by atoms with Gasteiger partial charge in [-0.25, -0.2) is 4.79 Å². The molecule has 2 atom stereocenters. The zero-order chi connectivity index (χ0) is 12.8. The van der Waals surface area contributed by atoms with E-state index in [1.165, 1.54) is 19.2 Å². The molecule has 0 aliphatic rings. The number of aromatic amines is 1. The van der Waals surface area contributed by atoms with E-state index in [-0.39, 0.29) is 17.9 Å². The Morgan fingerprint density at radius 2 is 2.35 bits per heavy atom. The van der Waals surface area contributed by atoms with Crippen LogP contribution in [0.5, 0.6) is 0 Å². The first-order valence-electron chi connectivity index (χ1n) is 4.74. The molecule has 0 saturated heterocycles. The van der Waals surface area contributed by atoms with E-state index in [4.69, 9.17) is 5.53 Å². The van der Waals surface area contributed by atoms with E-state index in [2.05, 4.69) is 19.7 Å². The van der Waals surface area contributed by atoms with Crippen LogP contribution in [0.3, 0.4) is 0 Å². The first-order valence-corrected chi connectivity index (χ1v) is 4.74. The summed E-state index contributed by atoms with van der Waals surface area (Å²) in [5.41, 5.74) is 8.48. The van der Waals surface area contributed by atoms with Gasteiger partial charge in [0.05, 0.1) is 19.8 Å². The van der Waals surface area contributed by atoms with Crippen LogP contribution in [-0.4, -0.2) is 40.9 Å². The summed E-state index contributed by atoms with van der Waals surface area (Å²) in [6, 6.07) is 2.86. The SMILES string of the molecule is COC(=O)c1ccc(C(O)C(O)CN=[N+]=[N-])[nH]1. The molecule has 0 aliphatic carbocycles. The van der Waals surface area contributed by atoms with Crippen LogP contribution in [0.2, 0.25) is 0 Å². The maximum Gasteiger partial charge on any atom is 0.354 e. The molecule has 8 nitrogen and oxygen atoms in total. The molecule has 0 aromatic carbocycles. The lowest BCUT2D eigenvalue weighted by Gasteiger charge is -2.14. The molecule has 0 spiro atoms. The highest BCUT2D eigenvalue weighted by atomic mass is 16.5. The number of aromatic nitrogens is 1. The van der Waals surface area contributed by atoms with Crippen molar-refractivity contribution in [1.29, 1.82) is 0 Å². The Bertz CT molecular complexity index is 438. The van der Waals surface area contributed by atoms with Crippen molar-refractivity contribution in [1.82, 2.24) is 4.98 Å². The maximum atomic E-state index is 11.1. The van der Waals surface area contributed by atoms with Crippen molar-refractivity contribution in [3.8, 4) is 0 Å². The van der Waals surface area contributed by atoms with Crippen LogP contribution >= 0.6 is 0 Å². The number of methoxy groups -OCH3 is 1. The van der Waals surface area contributed by atoms with Crippen LogP contribution in [0.15, 0.2) is 17.2 Å². The third kappa shape index (κ3) is 3.22. The third-order valence-corrected chi connectivity index (χ3v) is 2.13. The van der Waals surface area contributed by atoms with E-state index in [0.29, 0.717) is 0 Å². The summed E-state index contributed by atoms with van der Waals surface area (Å²) < 4.78 is 4.47. The van der Waals surface area contributed by atoms with Crippen molar-refractivity contribution in [3.63, 3.8) is 0 Å². The van der Waals surface area contributed by atoms with Crippen molar-refractivity contribution in [2.45, 2.75) is 12.2 Å². The van der Waals surface area contributed by atoms with Gasteiger partial charge < -0.3 is 19.9 Å². The molecular weight excluding hydrogens is 228 g/mol. The Morgan fingerprint density at radius 3 is 2.94 bits per heavy atom. The number of ether oxygens (including phenoxy) is 1. The van der Waals surface area contributed by atoms with Gasteiger partial charge in [-0.15, -0.1) is 0 Å². The van der Waals surface area contributed by atoms with E-state index in [9.17, 15) is 15.0 Å². The van der Waals surface area contributed by atoms with Gasteiger partial charge in [0.15, 0.2) is 0 Å². The van der Waals surface area contributed by atoms with Gasteiger partial charge in [0, 0.05) is 10.6 Å². The number of rotatable bonds is 5. The minimum absolute atomic E-state index is 0.164. The molecule has 17 heavy (non-hydrogen) atoms. The lowest BCUT2D eigenvalue weighted by molar-refractivity contribution is 0.0219. The number of aliphatic hydroxyl groups excluding tert-OH is 2. The number of esters is 1. The van der Waals surface area contributed by atoms with Gasteiger partial charge in [0.2, 0.25) is 0 Å². The number of carbonyl (C=O) groups excluding carboxylic acids is 1. The zero-order valence-electron chi connectivity index (χ0n) is 9.07. The number of hydrogen-bond acceptors (Lipinski definition) is 5. The number of H-pyrrole nitrogens is 1. The lowest BCUT2D eigenvalue weighted by atomic mass is 10.1. The first-order chi connectivity index (χ1) is 8.10. The Balaban J connectivity index is 2.75. The molecule has 8 heteroatoms. The minimum Gasteiger partial charge on any atom is -0.464 e. The van der Waals surface area contributed by atoms with Crippen molar-refractivity contribution < 1.29 is 19.7 Å². The Morgan fingerprint density at radius 1 is 1.65 bits per heavy atom. The van der Waals surface area contributed by atoms with Gasteiger partial charge in [-0.3, -0.25) is 0 Å². The van der Waals surface area contributed by atoms with Crippen LogP contribution in [0, 0.1) is 0 Å². The number of aliphatic hydroxyl groups is 2. The normalized spacial score (nSPS) is 13.6. The second-order valence-corrected chi connectivity index (χ2v) is 3.24. The molecule has 2 unspecified atom stereocenters. The predicted molar refractivity (Wildman–Crippen MR) is 57.1 cm³/mol. The second kappa shape index (κ2) is 5.90. The molecule has 0 bridgehead atoms. The number of azide groups is 1. The van der Waals surface area contributed by atoms with Gasteiger partial charge >= 0.3 is 5.97 Å². The topological polar surface area (TPSA) is 131 Å². The number of nitrogens with one attached hydrogen (secondary N) is 1. The summed E-state index contributed by atoms with van der Waals surface area (Å²) in [6.07, 6.45) is -2.51. The molecule has 3 N–H and O–H groups in total. The largest absolute Gasteiger partial charge is 0.464 e. The fraction of sp³-hybridized carbons (Fsp3) is 0.444. The fourth-order valence-electron chi connectivity index (χ4n) is 1.24. The van der Waals surface area contributed by atoms with E-state index in [0.717, 1.165) is 0 Å². The highest BCUT2D eigenvalue weighted by molar-refractivity contribution is 5.87. The minimum atomic E-state index is -1.26. The van der Waals surface area contributed by atoms with E-state index in [1.807, 2.05) is 0 Å². The molecule has 1 aromatic rings. The Hall–Kier alpha value is -2.02. The molecule has 0 amide bonds. The standard InChI is InChI=1S/C9H12N4O4/c1-17-9(16)6-3-2-5(12-6)8(15)7(14)4-11-13-10/h2-3,7-8,12,14-15H,4H2,1H3. The van der Waals surface area contributed by atoms with Crippen molar-refractivity contribution in [2.24, 2.45) is 5.11 Å². The van der Waals surface area contributed by atoms with Crippen molar-refractivity contribution in [3.05, 3.63) is 34.0 Å². The van der Waals surface area contributed by atoms with Crippen LogP contribution in [-0.2, 0) is 4.74 Å². The smallest absolute Gasteiger partial charge is 0.354 e. The van der Waals surface area contributed by atoms with Gasteiger partial charge in [-0.2, -0.15) is 0 Å². The number of hydrogen-bond donors (Lipinski definition) is 3. The van der Waals surface area contributed by atoms with Gasteiger partial charge in [-0.1, -0.05) is 5.11 Å². The van der Waals surface area contributed by atoms with Gasteiger partial charge in [0.25, 0.3) is 0 Å². The number of nitrogens with zero attached hydrogens (tertiary/aromatic N) is 3. The van der Waals surface area contributed by atoms with Gasteiger partial charge in [0.1, 0.15) is 11.8 Å². The summed E-state index contributed by atoms with van der Waals surface area (Å²) in [5, 5.41) is 22.3. The molecule has 92 valence electrons. The molecule has 0 fully saturated rings. The van der Waals surface area contributed by atoms with Crippen LogP contribution < -0.4 is 0 Å². The summed E-state index contributed by atoms with van der Waals surface area (Å²) >= 11 is 0. The average Bonchev–Trinajstić information content (AvgIpc) is 2.83. The predicted octanol–water partition coefficient (Wildman–Crippen LogP) is 0.506. The highest BCUT2D eigenvalue weighted by Gasteiger charge is 2.20. The van der Waals surface area contributed by atoms with Crippen molar-refractivity contribution in [2.75, 3.05) is 13.7 Å². The Labute approximate surface area is 96.5 Å². The monoisotopic (exact) mass is 240 g/mol. The molecule has 1 heterocycles. The summed E-state index contributed by atoms with van der Waals surface area (Å²) in [4.78, 5) is 16.2. The summed E-state index contributed by atoms with van der Waals surface area (Å²) in [5.74, 6) is -0.576. The molecule has 0 saturated carbocycles. The lowest BCUT2D eigenvalue weighted by Crippen LogP contribution is -2.21. The first kappa shape index (κ1) is 13.0. The van der Waals surface area contributed by atoms with E-state index >= 15 is 0 Å². The third-order valence-electron chi connectivity index (χ3n) is 2.13. The second-order valence-electron chi connectivity index (χ2n) is 3.24. The molecular formula is C9H12N4O4. The molecule has 0 radical (unpaired) electrons. The number of carbonyl (C=O) groups is 1. The fourth-order valence-corrected chi connectivity index (χ4v) is 1.24. The Kier molecular flexibility index (Phi) is 4.53. The van der Waals surface area contributed by atoms with E-state index < -0.39 is 18.2 Å². The quantitative estimate of drug-likeness (QED) is 0.299. The zero-order valence-corrected chi connectivity index (χ0v) is 9.07. The van der Waals surface area contributed by atoms with Gasteiger partial charge in [-0.05, 0) is 17.7 Å². The molecule has 0 aliphatic heterocycles. The maximum absolute atomic E-state index is 11.1. The van der Waals surface area contributed by atoms with Crippen LogP contribution in [0.25, 0.3) is 10.4 Å². The molecule has 1 rings (SSSR count). The van der Waals surface area contributed by atoms with Crippen molar-refractivity contribution >= 4 is 5.97 Å². The average molecular weight is 240 g/mol. The summed E-state index contributed by atoms with van der Waals surface area (Å²) in [7, 11) is 1.23. The molecule has 1 aromatic heterocycles. The van der Waals surface area contributed by atoms with E-state index in [1.54, 1.807) is 0 Å². The highest BCUT2D eigenvalue weighted by Crippen LogP contribution is 2.17.